The normalized spacial score (nSPS) is 12.4. The Labute approximate surface area is 89.1 Å². The van der Waals surface area contributed by atoms with Gasteiger partial charge in [-0.25, -0.2) is 0 Å². The molecule has 15 heavy (non-hydrogen) atoms. The van der Waals surface area contributed by atoms with Gasteiger partial charge in [0.05, 0.1) is 0 Å². The highest BCUT2D eigenvalue weighted by molar-refractivity contribution is 5.73. The summed E-state index contributed by atoms with van der Waals surface area (Å²) in [6.07, 6.45) is 0. The summed E-state index contributed by atoms with van der Waals surface area (Å²) < 4.78 is 0. The number of hydrogen-bond acceptors (Lipinski definition) is 3. The third kappa shape index (κ3) is 4.10. The Balaban J connectivity index is 2.32. The van der Waals surface area contributed by atoms with Gasteiger partial charge in [-0.2, -0.15) is 0 Å². The number of carboxylic acid groups (broad SMARTS) is 1. The first kappa shape index (κ1) is 11.7. The third-order valence-corrected chi connectivity index (χ3v) is 2.13. The number of carbonyl (C=O) groups is 1. The summed E-state index contributed by atoms with van der Waals surface area (Å²) in [7, 11) is 0. The standard InChI is InChI=1S/C11H16N2O2/c1-8-2-4-9(5-3-8)6-13-7-10(12)11(14)15/h2-5,10,13H,6-7,12H2,1H3,(H,14,15)/t10-/m1/s1. The van der Waals surface area contributed by atoms with Crippen molar-refractivity contribution in [1.29, 1.82) is 0 Å². The Kier molecular flexibility index (Phi) is 4.27. The van der Waals surface area contributed by atoms with E-state index in [1.54, 1.807) is 0 Å². The number of nitrogens with one attached hydrogen (secondary N) is 1. The lowest BCUT2D eigenvalue weighted by Gasteiger charge is -2.08. The van der Waals surface area contributed by atoms with E-state index in [1.807, 2.05) is 31.2 Å². The molecule has 1 rings (SSSR count). The molecule has 0 amide bonds. The van der Waals surface area contributed by atoms with Gasteiger partial charge in [0.2, 0.25) is 0 Å². The largest absolute Gasteiger partial charge is 0.480 e. The molecule has 0 aliphatic carbocycles. The maximum atomic E-state index is 10.4. The van der Waals surface area contributed by atoms with Gasteiger partial charge in [0.15, 0.2) is 0 Å². The van der Waals surface area contributed by atoms with Crippen LogP contribution in [0.4, 0.5) is 0 Å². The van der Waals surface area contributed by atoms with Crippen LogP contribution < -0.4 is 11.1 Å². The molecule has 0 bridgehead atoms. The van der Waals surface area contributed by atoms with E-state index in [9.17, 15) is 4.79 Å². The van der Waals surface area contributed by atoms with Gasteiger partial charge in [-0.1, -0.05) is 29.8 Å². The molecule has 0 aliphatic rings. The van der Waals surface area contributed by atoms with Crippen LogP contribution in [0.5, 0.6) is 0 Å². The molecule has 0 heterocycles. The first-order valence-corrected chi connectivity index (χ1v) is 4.84. The Morgan fingerprint density at radius 1 is 1.47 bits per heavy atom. The van der Waals surface area contributed by atoms with Gasteiger partial charge >= 0.3 is 5.97 Å². The van der Waals surface area contributed by atoms with Gasteiger partial charge < -0.3 is 16.2 Å². The molecule has 1 aromatic carbocycles. The highest BCUT2D eigenvalue weighted by atomic mass is 16.4. The molecule has 0 unspecified atom stereocenters. The molecule has 0 fully saturated rings. The minimum atomic E-state index is -0.980. The zero-order chi connectivity index (χ0) is 11.3. The highest BCUT2D eigenvalue weighted by Gasteiger charge is 2.09. The third-order valence-electron chi connectivity index (χ3n) is 2.13. The molecular formula is C11H16N2O2. The van der Waals surface area contributed by atoms with Gasteiger partial charge in [0.1, 0.15) is 6.04 Å². The SMILES string of the molecule is Cc1ccc(CNC[C@@H](N)C(=O)O)cc1. The second kappa shape index (κ2) is 5.48. The molecule has 0 saturated heterocycles. The van der Waals surface area contributed by atoms with Crippen molar-refractivity contribution < 1.29 is 9.90 Å². The van der Waals surface area contributed by atoms with Crippen LogP contribution in [-0.2, 0) is 11.3 Å². The second-order valence-corrected chi connectivity index (χ2v) is 3.56. The zero-order valence-corrected chi connectivity index (χ0v) is 8.73. The van der Waals surface area contributed by atoms with E-state index < -0.39 is 12.0 Å². The smallest absolute Gasteiger partial charge is 0.321 e. The summed E-state index contributed by atoms with van der Waals surface area (Å²) in [5, 5.41) is 11.5. The first-order valence-electron chi connectivity index (χ1n) is 4.84. The lowest BCUT2D eigenvalue weighted by molar-refractivity contribution is -0.138. The maximum Gasteiger partial charge on any atom is 0.321 e. The number of rotatable bonds is 5. The molecule has 4 nitrogen and oxygen atoms in total. The Morgan fingerprint density at radius 3 is 2.60 bits per heavy atom. The van der Waals surface area contributed by atoms with E-state index in [2.05, 4.69) is 5.32 Å². The first-order chi connectivity index (χ1) is 7.09. The number of aryl methyl sites for hydroxylation is 1. The van der Waals surface area contributed by atoms with Crippen LogP contribution in [0, 0.1) is 6.92 Å². The summed E-state index contributed by atoms with van der Waals surface area (Å²) in [6.45, 7) is 2.95. The van der Waals surface area contributed by atoms with E-state index in [0.29, 0.717) is 6.54 Å². The fourth-order valence-electron chi connectivity index (χ4n) is 1.17. The van der Waals surface area contributed by atoms with Crippen molar-refractivity contribution in [3.8, 4) is 0 Å². The molecule has 1 aromatic rings. The Hall–Kier alpha value is -1.39. The Morgan fingerprint density at radius 2 is 2.07 bits per heavy atom. The van der Waals surface area contributed by atoms with Crippen LogP contribution in [-0.4, -0.2) is 23.7 Å². The van der Waals surface area contributed by atoms with Crippen molar-refractivity contribution in [3.05, 3.63) is 35.4 Å². The van der Waals surface area contributed by atoms with Crippen LogP contribution in [0.2, 0.25) is 0 Å². The number of carboxylic acids is 1. The van der Waals surface area contributed by atoms with Gasteiger partial charge in [-0.05, 0) is 12.5 Å². The lowest BCUT2D eigenvalue weighted by Crippen LogP contribution is -2.40. The average Bonchev–Trinajstić information content (AvgIpc) is 2.20. The van der Waals surface area contributed by atoms with Crippen molar-refractivity contribution in [2.45, 2.75) is 19.5 Å². The average molecular weight is 208 g/mol. The summed E-state index contributed by atoms with van der Waals surface area (Å²) >= 11 is 0. The van der Waals surface area contributed by atoms with Crippen molar-refractivity contribution in [3.63, 3.8) is 0 Å². The van der Waals surface area contributed by atoms with Crippen LogP contribution in [0.15, 0.2) is 24.3 Å². The minimum absolute atomic E-state index is 0.281. The second-order valence-electron chi connectivity index (χ2n) is 3.56. The summed E-state index contributed by atoms with van der Waals surface area (Å²) in [4.78, 5) is 10.4. The van der Waals surface area contributed by atoms with E-state index in [0.717, 1.165) is 5.56 Å². The van der Waals surface area contributed by atoms with Crippen LogP contribution >= 0.6 is 0 Å². The molecule has 0 radical (unpaired) electrons. The molecule has 4 heteroatoms. The van der Waals surface area contributed by atoms with Crippen LogP contribution in [0.25, 0.3) is 0 Å². The fourth-order valence-corrected chi connectivity index (χ4v) is 1.17. The Bertz CT molecular complexity index is 322. The van der Waals surface area contributed by atoms with Crippen LogP contribution in [0.3, 0.4) is 0 Å². The molecule has 0 saturated carbocycles. The van der Waals surface area contributed by atoms with Gasteiger partial charge in [-0.15, -0.1) is 0 Å². The monoisotopic (exact) mass is 208 g/mol. The topological polar surface area (TPSA) is 75.3 Å². The van der Waals surface area contributed by atoms with Crippen molar-refractivity contribution >= 4 is 5.97 Å². The molecular weight excluding hydrogens is 192 g/mol. The molecule has 82 valence electrons. The van der Waals surface area contributed by atoms with E-state index in [-0.39, 0.29) is 6.54 Å². The van der Waals surface area contributed by atoms with E-state index in [4.69, 9.17) is 10.8 Å². The number of benzene rings is 1. The molecule has 0 aromatic heterocycles. The summed E-state index contributed by atoms with van der Waals surface area (Å²) in [5.74, 6) is -0.980. The van der Waals surface area contributed by atoms with Crippen molar-refractivity contribution in [2.24, 2.45) is 5.73 Å². The quantitative estimate of drug-likeness (QED) is 0.658. The van der Waals surface area contributed by atoms with Crippen molar-refractivity contribution in [2.75, 3.05) is 6.54 Å². The van der Waals surface area contributed by atoms with E-state index >= 15 is 0 Å². The predicted octanol–water partition coefficient (Wildman–Crippen LogP) is 0.497. The molecule has 1 atom stereocenters. The van der Waals surface area contributed by atoms with Gasteiger partial charge in [-0.3, -0.25) is 4.79 Å². The summed E-state index contributed by atoms with van der Waals surface area (Å²) in [6, 6.07) is 7.22. The van der Waals surface area contributed by atoms with Gasteiger partial charge in [0, 0.05) is 13.1 Å². The molecule has 4 N–H and O–H groups in total. The maximum absolute atomic E-state index is 10.4. The number of nitrogens with two attached hydrogens (primary N) is 1. The minimum Gasteiger partial charge on any atom is -0.480 e. The number of aliphatic carboxylic acids is 1. The zero-order valence-electron chi connectivity index (χ0n) is 8.73. The molecule has 0 aliphatic heterocycles. The number of hydrogen-bond donors (Lipinski definition) is 3. The van der Waals surface area contributed by atoms with E-state index in [1.165, 1.54) is 5.56 Å². The predicted molar refractivity (Wildman–Crippen MR) is 58.5 cm³/mol. The van der Waals surface area contributed by atoms with Crippen LogP contribution in [0.1, 0.15) is 11.1 Å². The lowest BCUT2D eigenvalue weighted by atomic mass is 10.1. The summed E-state index contributed by atoms with van der Waals surface area (Å²) in [5.41, 5.74) is 7.68. The molecule has 0 spiro atoms. The van der Waals surface area contributed by atoms with Crippen molar-refractivity contribution in [1.82, 2.24) is 5.32 Å². The fraction of sp³-hybridized carbons (Fsp3) is 0.364. The highest BCUT2D eigenvalue weighted by Crippen LogP contribution is 2.02. The van der Waals surface area contributed by atoms with Gasteiger partial charge in [0.25, 0.3) is 0 Å².